The summed E-state index contributed by atoms with van der Waals surface area (Å²) >= 11 is 3.53. The second-order valence-corrected chi connectivity index (χ2v) is 6.66. The summed E-state index contributed by atoms with van der Waals surface area (Å²) in [6, 6.07) is 6.15. The number of carbonyl (C=O) groups is 1. The molecular formula is C16H22BrNO. The summed E-state index contributed by atoms with van der Waals surface area (Å²) < 4.78 is 1.05. The molecule has 1 aromatic carbocycles. The van der Waals surface area contributed by atoms with Crippen LogP contribution in [0.4, 0.5) is 5.69 Å². The molecule has 1 amide bonds. The molecule has 2 nitrogen and oxygen atoms in total. The lowest BCUT2D eigenvalue weighted by Gasteiger charge is -2.27. The van der Waals surface area contributed by atoms with E-state index >= 15 is 0 Å². The number of hydrogen-bond acceptors (Lipinski definition) is 1. The Kier molecular flexibility index (Phi) is 4.05. The third-order valence-electron chi connectivity index (χ3n) is 4.54. The molecule has 104 valence electrons. The van der Waals surface area contributed by atoms with Crippen molar-refractivity contribution in [2.75, 3.05) is 11.9 Å². The van der Waals surface area contributed by atoms with Crippen molar-refractivity contribution in [1.82, 2.24) is 0 Å². The summed E-state index contributed by atoms with van der Waals surface area (Å²) in [5, 5.41) is 0. The van der Waals surface area contributed by atoms with Gasteiger partial charge in [-0.1, -0.05) is 42.6 Å². The number of benzene rings is 1. The minimum atomic E-state index is -0.370. The lowest BCUT2D eigenvalue weighted by molar-refractivity contribution is -0.123. The highest BCUT2D eigenvalue weighted by Gasteiger charge is 2.46. The van der Waals surface area contributed by atoms with Crippen molar-refractivity contribution in [3.8, 4) is 0 Å². The first-order valence-electron chi connectivity index (χ1n) is 7.02. The molecule has 1 heterocycles. The van der Waals surface area contributed by atoms with Gasteiger partial charge >= 0.3 is 0 Å². The zero-order valence-electron chi connectivity index (χ0n) is 12.2. The van der Waals surface area contributed by atoms with Gasteiger partial charge in [-0.05, 0) is 43.0 Å². The fourth-order valence-electron chi connectivity index (χ4n) is 3.19. The molecule has 0 unspecified atom stereocenters. The van der Waals surface area contributed by atoms with Gasteiger partial charge in [0, 0.05) is 17.2 Å². The van der Waals surface area contributed by atoms with E-state index in [1.54, 1.807) is 0 Å². The summed E-state index contributed by atoms with van der Waals surface area (Å²) in [6.45, 7) is 6.52. The van der Waals surface area contributed by atoms with Gasteiger partial charge in [0.25, 0.3) is 0 Å². The van der Waals surface area contributed by atoms with E-state index in [0.29, 0.717) is 5.92 Å². The van der Waals surface area contributed by atoms with E-state index in [0.717, 1.165) is 29.4 Å². The molecule has 0 saturated heterocycles. The first-order valence-corrected chi connectivity index (χ1v) is 7.81. The zero-order valence-corrected chi connectivity index (χ0v) is 13.8. The average molecular weight is 324 g/mol. The Bertz CT molecular complexity index is 496. The van der Waals surface area contributed by atoms with Crippen molar-refractivity contribution in [3.05, 3.63) is 28.2 Å². The SMILES string of the molecule is CCC(CC)C[C@@]1(C)C(=O)N(C)c2ccc(Br)cc21. The monoisotopic (exact) mass is 323 g/mol. The maximum Gasteiger partial charge on any atom is 0.237 e. The molecule has 0 aromatic heterocycles. The number of carbonyl (C=O) groups excluding carboxylic acids is 1. The second kappa shape index (κ2) is 5.28. The third kappa shape index (κ3) is 2.33. The number of anilines is 1. The predicted octanol–water partition coefficient (Wildman–Crippen LogP) is 4.51. The lowest BCUT2D eigenvalue weighted by atomic mass is 9.75. The van der Waals surface area contributed by atoms with E-state index in [1.807, 2.05) is 24.1 Å². The van der Waals surface area contributed by atoms with Crippen LogP contribution in [-0.2, 0) is 10.2 Å². The fraction of sp³-hybridized carbons (Fsp3) is 0.562. The van der Waals surface area contributed by atoms with Gasteiger partial charge in [0.15, 0.2) is 0 Å². The van der Waals surface area contributed by atoms with Crippen molar-refractivity contribution in [2.24, 2.45) is 5.92 Å². The van der Waals surface area contributed by atoms with Crippen molar-refractivity contribution in [2.45, 2.75) is 45.4 Å². The van der Waals surface area contributed by atoms with Crippen molar-refractivity contribution < 1.29 is 4.79 Å². The molecule has 3 heteroatoms. The van der Waals surface area contributed by atoms with Crippen LogP contribution in [0.5, 0.6) is 0 Å². The summed E-state index contributed by atoms with van der Waals surface area (Å²) in [5.74, 6) is 0.833. The number of amides is 1. The number of nitrogens with zero attached hydrogens (tertiary/aromatic N) is 1. The molecule has 0 fully saturated rings. The molecule has 2 rings (SSSR count). The molecule has 1 aliphatic heterocycles. The Morgan fingerprint density at radius 1 is 1.32 bits per heavy atom. The van der Waals surface area contributed by atoms with Crippen molar-refractivity contribution in [1.29, 1.82) is 0 Å². The zero-order chi connectivity index (χ0) is 14.2. The van der Waals surface area contributed by atoms with E-state index < -0.39 is 0 Å². The predicted molar refractivity (Wildman–Crippen MR) is 83.6 cm³/mol. The summed E-state index contributed by atoms with van der Waals surface area (Å²) in [7, 11) is 1.88. The van der Waals surface area contributed by atoms with Gasteiger partial charge in [0.05, 0.1) is 5.41 Å². The molecule has 1 atom stereocenters. The van der Waals surface area contributed by atoms with Crippen LogP contribution in [0, 0.1) is 5.92 Å². The smallest absolute Gasteiger partial charge is 0.237 e. The molecule has 1 aliphatic rings. The fourth-order valence-corrected chi connectivity index (χ4v) is 3.55. The summed E-state index contributed by atoms with van der Waals surface area (Å²) in [4.78, 5) is 14.5. The minimum absolute atomic E-state index is 0.229. The Labute approximate surface area is 124 Å². The van der Waals surface area contributed by atoms with Crippen LogP contribution in [-0.4, -0.2) is 13.0 Å². The molecule has 0 spiro atoms. The molecule has 0 N–H and O–H groups in total. The number of rotatable bonds is 4. The molecule has 0 saturated carbocycles. The molecule has 0 aliphatic carbocycles. The average Bonchev–Trinajstić information content (AvgIpc) is 2.59. The van der Waals surface area contributed by atoms with Gasteiger partial charge in [-0.25, -0.2) is 0 Å². The van der Waals surface area contributed by atoms with Crippen LogP contribution < -0.4 is 4.90 Å². The quantitative estimate of drug-likeness (QED) is 0.798. The topological polar surface area (TPSA) is 20.3 Å². The Morgan fingerprint density at radius 3 is 2.53 bits per heavy atom. The van der Waals surface area contributed by atoms with Gasteiger partial charge < -0.3 is 4.90 Å². The van der Waals surface area contributed by atoms with Crippen LogP contribution >= 0.6 is 15.9 Å². The highest BCUT2D eigenvalue weighted by molar-refractivity contribution is 9.10. The van der Waals surface area contributed by atoms with Gasteiger partial charge in [-0.15, -0.1) is 0 Å². The van der Waals surface area contributed by atoms with E-state index in [1.165, 1.54) is 5.56 Å². The maximum absolute atomic E-state index is 12.7. The van der Waals surface area contributed by atoms with Crippen LogP contribution in [0.15, 0.2) is 22.7 Å². The highest BCUT2D eigenvalue weighted by atomic mass is 79.9. The summed E-state index contributed by atoms with van der Waals surface area (Å²) in [5.41, 5.74) is 1.85. The molecular weight excluding hydrogens is 302 g/mol. The Morgan fingerprint density at radius 2 is 1.95 bits per heavy atom. The number of fused-ring (bicyclic) bond motifs is 1. The largest absolute Gasteiger partial charge is 0.314 e. The van der Waals surface area contributed by atoms with Crippen molar-refractivity contribution >= 4 is 27.5 Å². The normalized spacial score (nSPS) is 22.2. The number of hydrogen-bond donors (Lipinski definition) is 0. The Balaban J connectivity index is 2.46. The van der Waals surface area contributed by atoms with Gasteiger partial charge in [0.1, 0.15) is 0 Å². The van der Waals surface area contributed by atoms with E-state index in [2.05, 4.69) is 42.8 Å². The first kappa shape index (κ1) is 14.6. The summed E-state index contributed by atoms with van der Waals surface area (Å²) in [6.07, 6.45) is 3.20. The lowest BCUT2D eigenvalue weighted by Crippen LogP contribution is -2.37. The molecule has 1 aromatic rings. The van der Waals surface area contributed by atoms with Gasteiger partial charge in [-0.2, -0.15) is 0 Å². The molecule has 19 heavy (non-hydrogen) atoms. The van der Waals surface area contributed by atoms with Crippen molar-refractivity contribution in [3.63, 3.8) is 0 Å². The molecule has 0 radical (unpaired) electrons. The van der Waals surface area contributed by atoms with Crippen LogP contribution in [0.1, 0.15) is 45.6 Å². The maximum atomic E-state index is 12.7. The van der Waals surface area contributed by atoms with Crippen LogP contribution in [0.3, 0.4) is 0 Å². The molecule has 0 bridgehead atoms. The van der Waals surface area contributed by atoms with E-state index in [9.17, 15) is 4.79 Å². The van der Waals surface area contributed by atoms with E-state index in [4.69, 9.17) is 0 Å². The minimum Gasteiger partial charge on any atom is -0.314 e. The standard InChI is InChI=1S/C16H22BrNO/c1-5-11(6-2)10-16(3)13-9-12(17)7-8-14(13)18(4)15(16)19/h7-9,11H,5-6,10H2,1-4H3/t16-/m1/s1. The van der Waals surface area contributed by atoms with Crippen LogP contribution in [0.25, 0.3) is 0 Å². The number of likely N-dealkylation sites (N-methyl/N-ethyl adjacent to an activating group) is 1. The Hall–Kier alpha value is -0.830. The van der Waals surface area contributed by atoms with Gasteiger partial charge in [0.2, 0.25) is 5.91 Å². The third-order valence-corrected chi connectivity index (χ3v) is 5.04. The highest BCUT2D eigenvalue weighted by Crippen LogP contribution is 2.46. The van der Waals surface area contributed by atoms with E-state index in [-0.39, 0.29) is 11.3 Å². The first-order chi connectivity index (χ1) is 8.93. The van der Waals surface area contributed by atoms with Crippen LogP contribution in [0.2, 0.25) is 0 Å². The number of halogens is 1. The second-order valence-electron chi connectivity index (χ2n) is 5.74. The van der Waals surface area contributed by atoms with Gasteiger partial charge in [-0.3, -0.25) is 4.79 Å².